The minimum atomic E-state index is -0.975. The van der Waals surface area contributed by atoms with E-state index in [-0.39, 0.29) is 9.64 Å². The van der Waals surface area contributed by atoms with Crippen molar-refractivity contribution >= 4 is 29.5 Å². The van der Waals surface area contributed by atoms with Gasteiger partial charge in [0.15, 0.2) is 0 Å². The maximum atomic E-state index is 10.9. The fraction of sp³-hybridized carbons (Fsp3) is 0.286. The molecule has 140 valence electrons. The Kier molecular flexibility index (Phi) is 6.05. The lowest BCUT2D eigenvalue weighted by atomic mass is 9.99. The molecule has 2 aromatic rings. The number of ether oxygens (including phenoxy) is 1. The normalized spacial score (nSPS) is 15.7. The molecule has 2 aromatic carbocycles. The molecule has 1 aliphatic heterocycles. The van der Waals surface area contributed by atoms with Gasteiger partial charge in [0.25, 0.3) is 0 Å². The SMILES string of the molecule is CSC1(SC)CCOc2ccc(C(O)C#Cc3ccc(C(=O)O)cc3)cc21. The molecule has 1 unspecified atom stereocenters. The fourth-order valence-electron chi connectivity index (χ4n) is 3.01. The lowest BCUT2D eigenvalue weighted by Gasteiger charge is -2.36. The number of aliphatic hydroxyl groups excluding tert-OH is 1. The smallest absolute Gasteiger partial charge is 0.335 e. The minimum absolute atomic E-state index is 0.0800. The van der Waals surface area contributed by atoms with E-state index in [0.29, 0.717) is 12.2 Å². The van der Waals surface area contributed by atoms with E-state index < -0.39 is 12.1 Å². The lowest BCUT2D eigenvalue weighted by molar-refractivity contribution is 0.0697. The molecule has 0 aromatic heterocycles. The minimum Gasteiger partial charge on any atom is -0.493 e. The van der Waals surface area contributed by atoms with Crippen molar-refractivity contribution < 1.29 is 19.7 Å². The van der Waals surface area contributed by atoms with E-state index in [1.54, 1.807) is 35.7 Å². The molecule has 27 heavy (non-hydrogen) atoms. The number of hydrogen-bond acceptors (Lipinski definition) is 5. The van der Waals surface area contributed by atoms with Gasteiger partial charge in [-0.25, -0.2) is 4.79 Å². The molecule has 4 nitrogen and oxygen atoms in total. The molecular weight excluding hydrogens is 380 g/mol. The van der Waals surface area contributed by atoms with Gasteiger partial charge < -0.3 is 14.9 Å². The van der Waals surface area contributed by atoms with Crippen LogP contribution in [0.15, 0.2) is 42.5 Å². The van der Waals surface area contributed by atoms with Gasteiger partial charge in [0.05, 0.1) is 16.2 Å². The van der Waals surface area contributed by atoms with E-state index in [9.17, 15) is 9.90 Å². The van der Waals surface area contributed by atoms with E-state index in [1.165, 1.54) is 12.1 Å². The monoisotopic (exact) mass is 400 g/mol. The largest absolute Gasteiger partial charge is 0.493 e. The summed E-state index contributed by atoms with van der Waals surface area (Å²) < 4.78 is 5.70. The zero-order chi connectivity index (χ0) is 19.4. The first-order valence-electron chi connectivity index (χ1n) is 8.39. The van der Waals surface area contributed by atoms with Crippen molar-refractivity contribution in [3.05, 3.63) is 64.7 Å². The number of thioether (sulfide) groups is 2. The summed E-state index contributed by atoms with van der Waals surface area (Å²) in [7, 11) is 0. The number of carbonyl (C=O) groups is 1. The molecule has 0 radical (unpaired) electrons. The average molecular weight is 401 g/mol. The number of rotatable bonds is 4. The van der Waals surface area contributed by atoms with Gasteiger partial charge in [-0.05, 0) is 54.5 Å². The number of carboxylic acid groups (broad SMARTS) is 1. The highest BCUT2D eigenvalue weighted by Gasteiger charge is 2.37. The molecule has 0 fully saturated rings. The third-order valence-corrected chi connectivity index (χ3v) is 7.73. The summed E-state index contributed by atoms with van der Waals surface area (Å²) in [5.41, 5.74) is 2.67. The van der Waals surface area contributed by atoms with Gasteiger partial charge in [-0.2, -0.15) is 0 Å². The van der Waals surface area contributed by atoms with Crippen LogP contribution in [0, 0.1) is 11.8 Å². The van der Waals surface area contributed by atoms with Crippen molar-refractivity contribution in [2.24, 2.45) is 0 Å². The summed E-state index contributed by atoms with van der Waals surface area (Å²) in [6.45, 7) is 0.683. The fourth-order valence-corrected chi connectivity index (χ4v) is 5.01. The highest BCUT2D eigenvalue weighted by molar-refractivity contribution is 8.16. The molecule has 0 saturated carbocycles. The Morgan fingerprint density at radius 1 is 1.19 bits per heavy atom. The zero-order valence-electron chi connectivity index (χ0n) is 15.1. The van der Waals surface area contributed by atoms with Crippen LogP contribution < -0.4 is 4.74 Å². The predicted octanol–water partition coefficient (Wildman–Crippen LogP) is 4.13. The van der Waals surface area contributed by atoms with Crippen molar-refractivity contribution in [3.63, 3.8) is 0 Å². The first-order chi connectivity index (χ1) is 13.0. The number of aromatic carboxylic acids is 1. The van der Waals surface area contributed by atoms with Gasteiger partial charge in [-0.15, -0.1) is 23.5 Å². The second-order valence-corrected chi connectivity index (χ2v) is 8.54. The van der Waals surface area contributed by atoms with Crippen molar-refractivity contribution in [3.8, 4) is 17.6 Å². The number of fused-ring (bicyclic) bond motifs is 1. The van der Waals surface area contributed by atoms with Crippen molar-refractivity contribution in [2.45, 2.75) is 16.6 Å². The standard InChI is InChI=1S/C21H20O4S2/c1-26-21(27-2)11-12-25-19-10-8-16(13-17(19)21)18(22)9-5-14-3-6-15(7-4-14)20(23)24/h3-4,6-8,10,13,18,22H,11-12H2,1-2H3,(H,23,24). The predicted molar refractivity (Wildman–Crippen MR) is 111 cm³/mol. The summed E-state index contributed by atoms with van der Waals surface area (Å²) in [5.74, 6) is 5.63. The van der Waals surface area contributed by atoms with E-state index in [0.717, 1.165) is 23.3 Å². The average Bonchev–Trinajstić information content (AvgIpc) is 2.71. The van der Waals surface area contributed by atoms with Crippen LogP contribution in [0.3, 0.4) is 0 Å². The van der Waals surface area contributed by atoms with Crippen LogP contribution in [0.5, 0.6) is 5.75 Å². The lowest BCUT2D eigenvalue weighted by Crippen LogP contribution is -2.26. The van der Waals surface area contributed by atoms with Crippen LogP contribution >= 0.6 is 23.5 Å². The highest BCUT2D eigenvalue weighted by atomic mass is 32.2. The number of carboxylic acids is 1. The summed E-state index contributed by atoms with van der Waals surface area (Å²) in [6.07, 6.45) is 4.16. The number of benzene rings is 2. The van der Waals surface area contributed by atoms with Gasteiger partial charge in [0.1, 0.15) is 11.9 Å². The molecule has 0 saturated heterocycles. The maximum Gasteiger partial charge on any atom is 0.335 e. The van der Waals surface area contributed by atoms with Gasteiger partial charge >= 0.3 is 5.97 Å². The second kappa shape index (κ2) is 8.30. The first kappa shape index (κ1) is 19.7. The van der Waals surface area contributed by atoms with Crippen LogP contribution in [0.2, 0.25) is 0 Å². The number of aliphatic hydroxyl groups is 1. The summed E-state index contributed by atoms with van der Waals surface area (Å²) in [5, 5.41) is 19.5. The summed E-state index contributed by atoms with van der Waals surface area (Å²) >= 11 is 3.58. The van der Waals surface area contributed by atoms with Gasteiger partial charge in [0, 0.05) is 17.5 Å². The molecule has 0 aliphatic carbocycles. The molecule has 2 N–H and O–H groups in total. The molecule has 0 bridgehead atoms. The Bertz CT molecular complexity index is 893. The highest BCUT2D eigenvalue weighted by Crippen LogP contribution is 2.52. The van der Waals surface area contributed by atoms with E-state index in [2.05, 4.69) is 24.4 Å². The molecule has 1 atom stereocenters. The van der Waals surface area contributed by atoms with Crippen LogP contribution in [0.4, 0.5) is 0 Å². The van der Waals surface area contributed by atoms with Crippen LogP contribution in [0.25, 0.3) is 0 Å². The topological polar surface area (TPSA) is 66.8 Å². The van der Waals surface area contributed by atoms with E-state index in [1.807, 2.05) is 18.2 Å². The first-order valence-corrected chi connectivity index (χ1v) is 10.8. The Balaban J connectivity index is 1.86. The van der Waals surface area contributed by atoms with Crippen molar-refractivity contribution in [2.75, 3.05) is 19.1 Å². The van der Waals surface area contributed by atoms with E-state index in [4.69, 9.17) is 9.84 Å². The molecule has 1 heterocycles. The zero-order valence-corrected chi connectivity index (χ0v) is 16.7. The summed E-state index contributed by atoms with van der Waals surface area (Å²) in [4.78, 5) is 10.9. The Morgan fingerprint density at radius 2 is 1.89 bits per heavy atom. The molecule has 3 rings (SSSR count). The third-order valence-electron chi connectivity index (χ3n) is 4.56. The van der Waals surface area contributed by atoms with Crippen LogP contribution in [0.1, 0.15) is 39.6 Å². The maximum absolute atomic E-state index is 10.9. The second-order valence-electron chi connectivity index (χ2n) is 6.07. The van der Waals surface area contributed by atoms with Crippen molar-refractivity contribution in [1.29, 1.82) is 0 Å². The quantitative estimate of drug-likeness (QED) is 0.594. The Labute approximate surface area is 167 Å². The van der Waals surface area contributed by atoms with Gasteiger partial charge in [-0.1, -0.05) is 17.9 Å². The van der Waals surface area contributed by atoms with E-state index >= 15 is 0 Å². The summed E-state index contributed by atoms with van der Waals surface area (Å²) in [6, 6.07) is 12.0. The molecule has 0 spiro atoms. The molecule has 6 heteroatoms. The Morgan fingerprint density at radius 3 is 2.52 bits per heavy atom. The van der Waals surface area contributed by atoms with Crippen LogP contribution in [-0.2, 0) is 4.08 Å². The molecular formula is C21H20O4S2. The van der Waals surface area contributed by atoms with Gasteiger partial charge in [-0.3, -0.25) is 0 Å². The van der Waals surface area contributed by atoms with Crippen molar-refractivity contribution in [1.82, 2.24) is 0 Å². The molecule has 1 aliphatic rings. The Hall–Kier alpha value is -2.07. The van der Waals surface area contributed by atoms with Gasteiger partial charge in [0.2, 0.25) is 0 Å². The molecule has 0 amide bonds. The third kappa shape index (κ3) is 4.11. The number of hydrogen-bond donors (Lipinski definition) is 2. The van der Waals surface area contributed by atoms with Crippen LogP contribution in [-0.4, -0.2) is 35.3 Å².